The van der Waals surface area contributed by atoms with Gasteiger partial charge in [-0.05, 0) is 25.3 Å². The third kappa shape index (κ3) is 4.57. The van der Waals surface area contributed by atoms with Crippen LogP contribution in [0.3, 0.4) is 0 Å². The summed E-state index contributed by atoms with van der Waals surface area (Å²) < 4.78 is 10.8. The molecule has 140 valence electrons. The minimum absolute atomic E-state index is 0.113. The van der Waals surface area contributed by atoms with E-state index < -0.39 is 0 Å². The summed E-state index contributed by atoms with van der Waals surface area (Å²) in [5.74, 6) is 1.18. The molecule has 2 aromatic heterocycles. The van der Waals surface area contributed by atoms with E-state index >= 15 is 0 Å². The van der Waals surface area contributed by atoms with Crippen LogP contribution in [0.5, 0.6) is 0 Å². The van der Waals surface area contributed by atoms with E-state index in [1.165, 1.54) is 0 Å². The number of ether oxygens (including phenoxy) is 1. The number of hydrogen-bond donors (Lipinski definition) is 2. The average molecular weight is 359 g/mol. The van der Waals surface area contributed by atoms with Crippen molar-refractivity contribution in [2.45, 2.75) is 39.7 Å². The second-order valence-electron chi connectivity index (χ2n) is 7.22. The van der Waals surface area contributed by atoms with Gasteiger partial charge in [0.2, 0.25) is 5.95 Å². The zero-order valence-corrected chi connectivity index (χ0v) is 15.4. The molecule has 2 atom stereocenters. The topological polar surface area (TPSA) is 116 Å². The number of anilines is 1. The monoisotopic (exact) mass is 359 g/mol. The van der Waals surface area contributed by atoms with Crippen LogP contribution in [0.15, 0.2) is 16.7 Å². The number of aromatic nitrogens is 3. The van der Waals surface area contributed by atoms with Gasteiger partial charge in [-0.15, -0.1) is 0 Å². The zero-order chi connectivity index (χ0) is 18.7. The van der Waals surface area contributed by atoms with Crippen LogP contribution in [-0.4, -0.2) is 40.3 Å². The maximum absolute atomic E-state index is 12.6. The van der Waals surface area contributed by atoms with E-state index in [1.807, 2.05) is 13.0 Å². The highest BCUT2D eigenvalue weighted by molar-refractivity contribution is 5.92. The summed E-state index contributed by atoms with van der Waals surface area (Å²) >= 11 is 0. The fourth-order valence-corrected chi connectivity index (χ4v) is 3.13. The van der Waals surface area contributed by atoms with Crippen molar-refractivity contribution in [2.24, 2.45) is 11.8 Å². The lowest BCUT2D eigenvalue weighted by atomic mass is 9.98. The number of carbonyl (C=O) groups excluding carboxylic acids is 1. The van der Waals surface area contributed by atoms with Crippen LogP contribution in [0.1, 0.15) is 41.5 Å². The molecule has 2 aromatic rings. The Kier molecular flexibility index (Phi) is 5.51. The second kappa shape index (κ2) is 7.82. The van der Waals surface area contributed by atoms with Crippen LogP contribution in [0.4, 0.5) is 5.95 Å². The molecular weight excluding hydrogens is 334 g/mol. The number of nitrogens with one attached hydrogen (secondary N) is 1. The van der Waals surface area contributed by atoms with E-state index in [0.29, 0.717) is 25.6 Å². The molecule has 8 heteroatoms. The predicted octanol–water partition coefficient (Wildman–Crippen LogP) is 1.54. The molecule has 1 amide bonds. The predicted molar refractivity (Wildman–Crippen MR) is 95.5 cm³/mol. The van der Waals surface area contributed by atoms with Gasteiger partial charge in [-0.3, -0.25) is 4.79 Å². The molecule has 1 aliphatic rings. The summed E-state index contributed by atoms with van der Waals surface area (Å²) in [6.45, 7) is 7.08. The molecule has 3 heterocycles. The van der Waals surface area contributed by atoms with Crippen molar-refractivity contribution in [3.63, 3.8) is 0 Å². The van der Waals surface area contributed by atoms with Crippen LogP contribution in [0, 0.1) is 18.8 Å². The van der Waals surface area contributed by atoms with Crippen molar-refractivity contribution >= 4 is 11.9 Å². The highest BCUT2D eigenvalue weighted by atomic mass is 16.5. The summed E-state index contributed by atoms with van der Waals surface area (Å²) in [5.41, 5.74) is 7.67. The van der Waals surface area contributed by atoms with Crippen LogP contribution >= 0.6 is 0 Å². The van der Waals surface area contributed by atoms with Crippen LogP contribution in [-0.2, 0) is 17.6 Å². The molecule has 8 nitrogen and oxygen atoms in total. The Morgan fingerprint density at radius 3 is 2.85 bits per heavy atom. The maximum Gasteiger partial charge on any atom is 0.270 e. The Balaban J connectivity index is 1.67. The van der Waals surface area contributed by atoms with Gasteiger partial charge in [0.25, 0.3) is 5.91 Å². The molecule has 26 heavy (non-hydrogen) atoms. The second-order valence-corrected chi connectivity index (χ2v) is 7.22. The Morgan fingerprint density at radius 1 is 1.35 bits per heavy atom. The number of nitrogens with two attached hydrogens (primary N) is 1. The van der Waals surface area contributed by atoms with E-state index in [-0.39, 0.29) is 29.5 Å². The number of rotatable bonds is 6. The van der Waals surface area contributed by atoms with Crippen molar-refractivity contribution in [3.8, 4) is 0 Å². The molecule has 3 N–H and O–H groups in total. The molecule has 0 saturated carbocycles. The van der Waals surface area contributed by atoms with Crippen molar-refractivity contribution < 1.29 is 14.1 Å². The lowest BCUT2D eigenvalue weighted by Gasteiger charge is -2.18. The van der Waals surface area contributed by atoms with E-state index in [1.54, 1.807) is 6.07 Å². The first-order valence-electron chi connectivity index (χ1n) is 8.85. The quantitative estimate of drug-likeness (QED) is 0.803. The van der Waals surface area contributed by atoms with E-state index in [0.717, 1.165) is 23.6 Å². The molecule has 0 aromatic carbocycles. The summed E-state index contributed by atoms with van der Waals surface area (Å²) in [7, 11) is 0. The average Bonchev–Trinajstić information content (AvgIpc) is 3.16. The fourth-order valence-electron chi connectivity index (χ4n) is 3.13. The normalized spacial score (nSPS) is 19.8. The SMILES string of the molecule is Cc1cc(C[C@@H]2COC[C@@H]2NC(=O)c2cc(CC(C)C)nc(N)n2)on1. The van der Waals surface area contributed by atoms with Crippen LogP contribution < -0.4 is 11.1 Å². The fraction of sp³-hybridized carbons (Fsp3) is 0.556. The van der Waals surface area contributed by atoms with E-state index in [4.69, 9.17) is 15.0 Å². The lowest BCUT2D eigenvalue weighted by Crippen LogP contribution is -2.41. The van der Waals surface area contributed by atoms with Crippen molar-refractivity contribution in [3.05, 3.63) is 35.0 Å². The largest absolute Gasteiger partial charge is 0.379 e. The highest BCUT2D eigenvalue weighted by Gasteiger charge is 2.31. The molecule has 0 spiro atoms. The molecule has 0 radical (unpaired) electrons. The Morgan fingerprint density at radius 2 is 2.15 bits per heavy atom. The van der Waals surface area contributed by atoms with Gasteiger partial charge < -0.3 is 20.3 Å². The van der Waals surface area contributed by atoms with Gasteiger partial charge in [0.15, 0.2) is 0 Å². The first-order valence-corrected chi connectivity index (χ1v) is 8.85. The van der Waals surface area contributed by atoms with E-state index in [2.05, 4.69) is 34.3 Å². The summed E-state index contributed by atoms with van der Waals surface area (Å²) in [6, 6.07) is 3.49. The van der Waals surface area contributed by atoms with Gasteiger partial charge in [0, 0.05) is 24.1 Å². The summed E-state index contributed by atoms with van der Waals surface area (Å²) in [4.78, 5) is 20.9. The van der Waals surface area contributed by atoms with Gasteiger partial charge in [-0.25, -0.2) is 9.97 Å². The number of nitrogen functional groups attached to an aromatic ring is 1. The molecule has 1 saturated heterocycles. The molecule has 0 unspecified atom stereocenters. The third-order valence-electron chi connectivity index (χ3n) is 4.30. The van der Waals surface area contributed by atoms with Crippen LogP contribution in [0.25, 0.3) is 0 Å². The molecule has 0 aliphatic carbocycles. The molecular formula is C18H25N5O3. The maximum atomic E-state index is 12.6. The molecule has 3 rings (SSSR count). The smallest absolute Gasteiger partial charge is 0.270 e. The van der Waals surface area contributed by atoms with E-state index in [9.17, 15) is 4.79 Å². The number of carbonyl (C=O) groups is 1. The van der Waals surface area contributed by atoms with Gasteiger partial charge in [0.1, 0.15) is 11.5 Å². The van der Waals surface area contributed by atoms with Gasteiger partial charge >= 0.3 is 0 Å². The number of hydrogen-bond acceptors (Lipinski definition) is 7. The first kappa shape index (κ1) is 18.3. The molecule has 1 aliphatic heterocycles. The Labute approximate surface area is 152 Å². The standard InChI is InChI=1S/C18H25N5O3/c1-10(2)4-13-7-15(22-18(19)20-13)17(24)21-16-9-25-8-12(16)6-14-5-11(3)23-26-14/h5,7,10,12,16H,4,6,8-9H2,1-3H3,(H,21,24)(H2,19,20,22)/t12-,16+/m1/s1. The van der Waals surface area contributed by atoms with Crippen molar-refractivity contribution in [1.82, 2.24) is 20.4 Å². The number of nitrogens with zero attached hydrogens (tertiary/aromatic N) is 3. The summed E-state index contributed by atoms with van der Waals surface area (Å²) in [6.07, 6.45) is 1.41. The summed E-state index contributed by atoms with van der Waals surface area (Å²) in [5, 5.41) is 6.91. The Bertz CT molecular complexity index is 774. The van der Waals surface area contributed by atoms with Gasteiger partial charge in [-0.1, -0.05) is 19.0 Å². The van der Waals surface area contributed by atoms with Crippen molar-refractivity contribution in [1.29, 1.82) is 0 Å². The van der Waals surface area contributed by atoms with Crippen LogP contribution in [0.2, 0.25) is 0 Å². The minimum atomic E-state index is -0.265. The van der Waals surface area contributed by atoms with Gasteiger partial charge in [0.05, 0.1) is 24.9 Å². The number of amides is 1. The zero-order valence-electron chi connectivity index (χ0n) is 15.4. The highest BCUT2D eigenvalue weighted by Crippen LogP contribution is 2.20. The minimum Gasteiger partial charge on any atom is -0.379 e. The number of aryl methyl sites for hydroxylation is 1. The molecule has 1 fully saturated rings. The first-order chi connectivity index (χ1) is 12.4. The van der Waals surface area contributed by atoms with Gasteiger partial charge in [-0.2, -0.15) is 0 Å². The molecule has 0 bridgehead atoms. The van der Waals surface area contributed by atoms with Crippen molar-refractivity contribution in [2.75, 3.05) is 18.9 Å². The Hall–Kier alpha value is -2.48. The third-order valence-corrected chi connectivity index (χ3v) is 4.30. The lowest BCUT2D eigenvalue weighted by molar-refractivity contribution is 0.0919.